The monoisotopic (exact) mass is 194 g/mol. The van der Waals surface area contributed by atoms with Crippen molar-refractivity contribution in [2.75, 3.05) is 6.54 Å². The zero-order valence-electron chi connectivity index (χ0n) is 8.42. The van der Waals surface area contributed by atoms with E-state index in [1.54, 1.807) is 0 Å². The van der Waals surface area contributed by atoms with Crippen LogP contribution in [0.5, 0.6) is 0 Å². The predicted molar refractivity (Wildman–Crippen MR) is 52.5 cm³/mol. The van der Waals surface area contributed by atoms with Crippen molar-refractivity contribution in [2.24, 2.45) is 7.05 Å². The van der Waals surface area contributed by atoms with Crippen LogP contribution in [0.15, 0.2) is 0 Å². The summed E-state index contributed by atoms with van der Waals surface area (Å²) in [4.78, 5) is 11.1. The van der Waals surface area contributed by atoms with Gasteiger partial charge in [-0.25, -0.2) is 4.79 Å². The molecule has 1 aromatic rings. The summed E-state index contributed by atoms with van der Waals surface area (Å²) >= 11 is 0. The van der Waals surface area contributed by atoms with E-state index in [4.69, 9.17) is 5.11 Å². The number of aromatic carboxylic acids is 1. The maximum atomic E-state index is 11.1. The Morgan fingerprint density at radius 1 is 1.57 bits per heavy atom. The van der Waals surface area contributed by atoms with E-state index in [1.165, 1.54) is 5.69 Å². The van der Waals surface area contributed by atoms with Gasteiger partial charge in [0.2, 0.25) is 0 Å². The largest absolute Gasteiger partial charge is 0.478 e. The Morgan fingerprint density at radius 2 is 2.29 bits per heavy atom. The molecule has 2 heterocycles. The van der Waals surface area contributed by atoms with Gasteiger partial charge in [-0.2, -0.15) is 0 Å². The molecule has 0 amide bonds. The smallest absolute Gasteiger partial charge is 0.337 e. The van der Waals surface area contributed by atoms with Gasteiger partial charge in [0.1, 0.15) is 0 Å². The Balaban J connectivity index is 2.65. The van der Waals surface area contributed by atoms with Crippen molar-refractivity contribution in [3.63, 3.8) is 0 Å². The van der Waals surface area contributed by atoms with Gasteiger partial charge in [0, 0.05) is 43.5 Å². The Morgan fingerprint density at radius 3 is 2.93 bits per heavy atom. The third-order valence-electron chi connectivity index (χ3n) is 2.97. The molecule has 0 radical (unpaired) electrons. The lowest BCUT2D eigenvalue weighted by atomic mass is 10.0. The Labute approximate surface area is 82.5 Å². The van der Waals surface area contributed by atoms with Crippen molar-refractivity contribution in [3.8, 4) is 0 Å². The number of carboxylic acids is 1. The summed E-state index contributed by atoms with van der Waals surface area (Å²) in [6.45, 7) is 3.48. The van der Waals surface area contributed by atoms with Gasteiger partial charge < -0.3 is 15.0 Å². The van der Waals surface area contributed by atoms with E-state index in [2.05, 4.69) is 5.32 Å². The molecule has 4 heteroatoms. The van der Waals surface area contributed by atoms with Gasteiger partial charge in [-0.15, -0.1) is 0 Å². The molecule has 0 saturated heterocycles. The number of hydrogen-bond donors (Lipinski definition) is 2. The Bertz CT molecular complexity index is 393. The first-order valence-corrected chi connectivity index (χ1v) is 4.74. The van der Waals surface area contributed by atoms with Crippen molar-refractivity contribution in [1.82, 2.24) is 9.88 Å². The van der Waals surface area contributed by atoms with Gasteiger partial charge in [0.05, 0.1) is 5.56 Å². The number of hydrogen-bond acceptors (Lipinski definition) is 2. The zero-order valence-corrected chi connectivity index (χ0v) is 8.42. The average Bonchev–Trinajstić information content (AvgIpc) is 2.41. The molecule has 14 heavy (non-hydrogen) atoms. The zero-order chi connectivity index (χ0) is 10.3. The van der Waals surface area contributed by atoms with E-state index in [9.17, 15) is 4.79 Å². The number of nitrogens with one attached hydrogen (secondary N) is 1. The fourth-order valence-electron chi connectivity index (χ4n) is 2.15. The first kappa shape index (κ1) is 9.27. The highest BCUT2D eigenvalue weighted by atomic mass is 16.4. The van der Waals surface area contributed by atoms with Gasteiger partial charge >= 0.3 is 5.97 Å². The summed E-state index contributed by atoms with van der Waals surface area (Å²) in [6, 6.07) is 0. The molecular weight excluding hydrogens is 180 g/mol. The lowest BCUT2D eigenvalue weighted by Crippen LogP contribution is -2.25. The second-order valence-electron chi connectivity index (χ2n) is 3.68. The van der Waals surface area contributed by atoms with E-state index in [-0.39, 0.29) is 0 Å². The fraction of sp³-hybridized carbons (Fsp3) is 0.500. The third kappa shape index (κ3) is 1.14. The van der Waals surface area contributed by atoms with Crippen molar-refractivity contribution in [1.29, 1.82) is 0 Å². The lowest BCUT2D eigenvalue weighted by molar-refractivity contribution is 0.0694. The summed E-state index contributed by atoms with van der Waals surface area (Å²) in [7, 11) is 1.94. The molecule has 1 aliphatic rings. The fourth-order valence-corrected chi connectivity index (χ4v) is 2.15. The number of rotatable bonds is 1. The lowest BCUT2D eigenvalue weighted by Gasteiger charge is -2.14. The van der Waals surface area contributed by atoms with Crippen LogP contribution in [-0.4, -0.2) is 22.2 Å². The molecule has 1 aliphatic heterocycles. The summed E-state index contributed by atoms with van der Waals surface area (Å²) in [5.74, 6) is -0.817. The van der Waals surface area contributed by atoms with Crippen LogP contribution < -0.4 is 5.32 Å². The topological polar surface area (TPSA) is 54.3 Å². The van der Waals surface area contributed by atoms with E-state index in [0.717, 1.165) is 24.2 Å². The van der Waals surface area contributed by atoms with E-state index < -0.39 is 5.97 Å². The predicted octanol–water partition coefficient (Wildman–Crippen LogP) is 0.677. The number of aromatic nitrogens is 1. The van der Waals surface area contributed by atoms with Gasteiger partial charge in [-0.05, 0) is 6.92 Å². The molecule has 0 fully saturated rings. The van der Waals surface area contributed by atoms with Crippen LogP contribution >= 0.6 is 0 Å². The molecular formula is C10H14N2O2. The van der Waals surface area contributed by atoms with Crippen molar-refractivity contribution in [2.45, 2.75) is 19.9 Å². The van der Waals surface area contributed by atoms with E-state index >= 15 is 0 Å². The molecule has 0 aliphatic carbocycles. The highest BCUT2D eigenvalue weighted by molar-refractivity contribution is 5.91. The molecule has 2 N–H and O–H groups in total. The Kier molecular flexibility index (Phi) is 2.07. The van der Waals surface area contributed by atoms with Crippen LogP contribution in [0.2, 0.25) is 0 Å². The molecule has 2 rings (SSSR count). The van der Waals surface area contributed by atoms with Gasteiger partial charge in [0.25, 0.3) is 0 Å². The van der Waals surface area contributed by atoms with Gasteiger partial charge in [0.15, 0.2) is 0 Å². The van der Waals surface area contributed by atoms with Gasteiger partial charge in [-0.3, -0.25) is 0 Å². The maximum absolute atomic E-state index is 11.1. The van der Waals surface area contributed by atoms with Crippen LogP contribution in [-0.2, 0) is 20.0 Å². The standard InChI is InChI=1S/C10H14N2O2/c1-6-9(10(13)14)7-5-11-4-3-8(7)12(6)2/h11H,3-5H2,1-2H3,(H,13,14). The molecule has 0 unspecified atom stereocenters. The van der Waals surface area contributed by atoms with Crippen LogP contribution in [0.3, 0.4) is 0 Å². The minimum atomic E-state index is -0.817. The number of fused-ring (bicyclic) bond motifs is 1. The minimum Gasteiger partial charge on any atom is -0.478 e. The van der Waals surface area contributed by atoms with E-state index in [0.29, 0.717) is 12.1 Å². The SMILES string of the molecule is Cc1c(C(=O)O)c2c(n1C)CCNC2. The second kappa shape index (κ2) is 3.13. The first-order valence-electron chi connectivity index (χ1n) is 4.74. The molecule has 0 spiro atoms. The van der Waals surface area contributed by atoms with Gasteiger partial charge in [-0.1, -0.05) is 0 Å². The minimum absolute atomic E-state index is 0.481. The summed E-state index contributed by atoms with van der Waals surface area (Å²) in [5, 5.41) is 12.3. The summed E-state index contributed by atoms with van der Waals surface area (Å²) in [6.07, 6.45) is 0.917. The highest BCUT2D eigenvalue weighted by Gasteiger charge is 2.24. The number of carbonyl (C=O) groups is 1. The van der Waals surface area contributed by atoms with Crippen molar-refractivity contribution >= 4 is 5.97 Å². The normalized spacial score (nSPS) is 15.3. The molecule has 0 saturated carbocycles. The Hall–Kier alpha value is -1.29. The average molecular weight is 194 g/mol. The molecule has 0 bridgehead atoms. The maximum Gasteiger partial charge on any atom is 0.337 e. The summed E-state index contributed by atoms with van der Waals surface area (Å²) in [5.41, 5.74) is 3.46. The number of nitrogens with zero attached hydrogens (tertiary/aromatic N) is 1. The van der Waals surface area contributed by atoms with Crippen LogP contribution in [0.25, 0.3) is 0 Å². The molecule has 0 atom stereocenters. The van der Waals surface area contributed by atoms with Crippen molar-refractivity contribution in [3.05, 3.63) is 22.5 Å². The summed E-state index contributed by atoms with van der Waals surface area (Å²) < 4.78 is 2.00. The van der Waals surface area contributed by atoms with E-state index in [1.807, 2.05) is 18.5 Å². The molecule has 0 aromatic carbocycles. The second-order valence-corrected chi connectivity index (χ2v) is 3.68. The molecule has 76 valence electrons. The van der Waals surface area contributed by atoms with Crippen LogP contribution in [0, 0.1) is 6.92 Å². The molecule has 4 nitrogen and oxygen atoms in total. The molecule has 1 aromatic heterocycles. The first-order chi connectivity index (χ1) is 6.63. The van der Waals surface area contributed by atoms with Crippen LogP contribution in [0.4, 0.5) is 0 Å². The highest BCUT2D eigenvalue weighted by Crippen LogP contribution is 2.24. The van der Waals surface area contributed by atoms with Crippen LogP contribution in [0.1, 0.15) is 27.3 Å². The third-order valence-corrected chi connectivity index (χ3v) is 2.97. The number of carboxylic acid groups (broad SMARTS) is 1. The van der Waals surface area contributed by atoms with Crippen molar-refractivity contribution < 1.29 is 9.90 Å². The quantitative estimate of drug-likeness (QED) is 0.691.